The van der Waals surface area contributed by atoms with E-state index in [0.29, 0.717) is 37.0 Å². The van der Waals surface area contributed by atoms with Gasteiger partial charge < -0.3 is 21.1 Å². The van der Waals surface area contributed by atoms with Crippen molar-refractivity contribution in [1.82, 2.24) is 4.98 Å². The van der Waals surface area contributed by atoms with Crippen molar-refractivity contribution in [2.45, 2.75) is 23.1 Å². The fourth-order valence-electron chi connectivity index (χ4n) is 4.17. The molecule has 0 saturated carbocycles. The van der Waals surface area contributed by atoms with Crippen LogP contribution in [0.5, 0.6) is 0 Å². The van der Waals surface area contributed by atoms with Crippen LogP contribution < -0.4 is 16.4 Å². The van der Waals surface area contributed by atoms with Gasteiger partial charge in [-0.2, -0.15) is 0 Å². The van der Waals surface area contributed by atoms with Crippen LogP contribution in [0.3, 0.4) is 0 Å². The Labute approximate surface area is 182 Å². The molecule has 8 heteroatoms. The number of pyridine rings is 1. The number of aromatic nitrogens is 1. The lowest BCUT2D eigenvalue weighted by Gasteiger charge is -2.46. The average Bonchev–Trinajstić information content (AvgIpc) is 2.91. The molecule has 0 amide bonds. The Kier molecular flexibility index (Phi) is 5.03. The number of nitrogens with zero attached hydrogens (tertiary/aromatic N) is 2. The molecule has 1 aromatic heterocycles. The summed E-state index contributed by atoms with van der Waals surface area (Å²) in [6.45, 7) is 1.97. The van der Waals surface area contributed by atoms with Crippen LogP contribution in [0.1, 0.15) is 17.2 Å². The van der Waals surface area contributed by atoms with Crippen molar-refractivity contribution in [3.8, 4) is 0 Å². The second kappa shape index (κ2) is 7.59. The Morgan fingerprint density at radius 3 is 2.87 bits per heavy atom. The summed E-state index contributed by atoms with van der Waals surface area (Å²) in [5.41, 5.74) is 14.6. The monoisotopic (exact) mass is 442 g/mol. The van der Waals surface area contributed by atoms with E-state index in [1.807, 2.05) is 42.5 Å². The van der Waals surface area contributed by atoms with Crippen LogP contribution in [0, 0.1) is 0 Å². The maximum absolute atomic E-state index is 12.8. The quantitative estimate of drug-likeness (QED) is 0.647. The van der Waals surface area contributed by atoms with E-state index < -0.39 is 16.3 Å². The number of halogens is 1. The SMILES string of the molecule is NCC1(N)COC1c1cc2cc(Cl)ccc2nc1N1CCS(=O)c2ccccc2C1. The molecule has 0 spiro atoms. The van der Waals surface area contributed by atoms with Crippen LogP contribution >= 0.6 is 11.6 Å². The average molecular weight is 443 g/mol. The topological polar surface area (TPSA) is 94.5 Å². The lowest BCUT2D eigenvalue weighted by atomic mass is 9.84. The van der Waals surface area contributed by atoms with Crippen LogP contribution in [0.15, 0.2) is 53.4 Å². The van der Waals surface area contributed by atoms with Gasteiger partial charge >= 0.3 is 0 Å². The van der Waals surface area contributed by atoms with Gasteiger partial charge in [0.15, 0.2) is 0 Å². The highest BCUT2D eigenvalue weighted by molar-refractivity contribution is 7.85. The van der Waals surface area contributed by atoms with E-state index in [2.05, 4.69) is 11.0 Å². The van der Waals surface area contributed by atoms with Gasteiger partial charge in [0, 0.05) is 46.3 Å². The molecule has 156 valence electrons. The summed E-state index contributed by atoms with van der Waals surface area (Å²) in [6, 6.07) is 15.6. The van der Waals surface area contributed by atoms with Crippen LogP contribution in [0.2, 0.25) is 5.02 Å². The number of ether oxygens (including phenoxy) is 1. The summed E-state index contributed by atoms with van der Waals surface area (Å²) in [4.78, 5) is 8.04. The first kappa shape index (κ1) is 19.9. The van der Waals surface area contributed by atoms with Crippen LogP contribution in [0.25, 0.3) is 10.9 Å². The lowest BCUT2D eigenvalue weighted by molar-refractivity contribution is -0.131. The van der Waals surface area contributed by atoms with Crippen LogP contribution in [-0.2, 0) is 22.1 Å². The van der Waals surface area contributed by atoms with E-state index in [9.17, 15) is 4.21 Å². The van der Waals surface area contributed by atoms with Crippen molar-refractivity contribution in [1.29, 1.82) is 0 Å². The van der Waals surface area contributed by atoms with Crippen molar-refractivity contribution >= 4 is 39.1 Å². The molecule has 5 rings (SSSR count). The normalized spacial score (nSPS) is 26.2. The molecular weight excluding hydrogens is 420 g/mol. The third-order valence-electron chi connectivity index (χ3n) is 5.91. The minimum atomic E-state index is -1.04. The number of hydrogen-bond donors (Lipinski definition) is 2. The fourth-order valence-corrected chi connectivity index (χ4v) is 5.61. The Morgan fingerprint density at radius 2 is 2.10 bits per heavy atom. The summed E-state index contributed by atoms with van der Waals surface area (Å²) in [5, 5.41) is 1.57. The van der Waals surface area contributed by atoms with Gasteiger partial charge in [-0.05, 0) is 35.9 Å². The molecule has 3 aromatic rings. The number of rotatable bonds is 3. The summed E-state index contributed by atoms with van der Waals surface area (Å²) < 4.78 is 18.6. The predicted molar refractivity (Wildman–Crippen MR) is 120 cm³/mol. The molecule has 0 aliphatic carbocycles. The van der Waals surface area contributed by atoms with E-state index in [1.165, 1.54) is 0 Å². The summed E-state index contributed by atoms with van der Waals surface area (Å²) in [7, 11) is -1.04. The molecule has 3 unspecified atom stereocenters. The minimum absolute atomic E-state index is 0.317. The van der Waals surface area contributed by atoms with Crippen molar-refractivity contribution in [2.24, 2.45) is 11.5 Å². The highest BCUT2D eigenvalue weighted by Crippen LogP contribution is 2.42. The Morgan fingerprint density at radius 1 is 1.27 bits per heavy atom. The smallest absolute Gasteiger partial charge is 0.135 e. The first-order chi connectivity index (χ1) is 14.5. The van der Waals surface area contributed by atoms with Crippen molar-refractivity contribution in [3.05, 3.63) is 64.7 Å². The zero-order chi connectivity index (χ0) is 20.9. The minimum Gasteiger partial charge on any atom is -0.369 e. The Balaban J connectivity index is 1.65. The van der Waals surface area contributed by atoms with Crippen molar-refractivity contribution in [3.63, 3.8) is 0 Å². The summed E-state index contributed by atoms with van der Waals surface area (Å²) in [6.07, 6.45) is -0.350. The molecule has 2 aliphatic heterocycles. The molecule has 1 fully saturated rings. The maximum Gasteiger partial charge on any atom is 0.135 e. The number of nitrogens with two attached hydrogens (primary N) is 2. The third-order valence-corrected chi connectivity index (χ3v) is 7.59. The standard InChI is InChI=1S/C22H23ClN4O2S/c23-16-5-6-18-15(9-16)10-17(20-22(25,12-24)13-29-20)21(26-18)27-7-8-30(28)19-4-2-1-3-14(19)11-27/h1-6,9-10,20H,7-8,11-13,24-25H2. The largest absolute Gasteiger partial charge is 0.369 e. The second-order valence-corrected chi connectivity index (χ2v) is 9.92. The molecule has 1 saturated heterocycles. The van der Waals surface area contributed by atoms with Crippen molar-refractivity contribution < 1.29 is 8.95 Å². The van der Waals surface area contributed by atoms with Gasteiger partial charge in [0.1, 0.15) is 11.9 Å². The molecular formula is C22H23ClN4O2S. The molecule has 2 aromatic carbocycles. The molecule has 4 N–H and O–H groups in total. The van der Waals surface area contributed by atoms with Gasteiger partial charge in [0.05, 0.1) is 28.5 Å². The number of anilines is 1. The number of hydrogen-bond acceptors (Lipinski definition) is 6. The molecule has 3 heterocycles. The number of benzene rings is 2. The van der Waals surface area contributed by atoms with Crippen LogP contribution in [0.4, 0.5) is 5.82 Å². The number of fused-ring (bicyclic) bond motifs is 2. The third kappa shape index (κ3) is 3.31. The van der Waals surface area contributed by atoms with E-state index in [1.54, 1.807) is 0 Å². The van der Waals surface area contributed by atoms with Gasteiger partial charge in [0.25, 0.3) is 0 Å². The van der Waals surface area contributed by atoms with Gasteiger partial charge in [-0.1, -0.05) is 29.8 Å². The predicted octanol–water partition coefficient (Wildman–Crippen LogP) is 2.74. The van der Waals surface area contributed by atoms with Gasteiger partial charge in [-0.25, -0.2) is 4.98 Å². The highest BCUT2D eigenvalue weighted by atomic mass is 35.5. The molecule has 6 nitrogen and oxygen atoms in total. The molecule has 3 atom stereocenters. The second-order valence-electron chi connectivity index (χ2n) is 7.95. The Hall–Kier alpha value is -2.03. The summed E-state index contributed by atoms with van der Waals surface area (Å²) in [5.74, 6) is 1.33. The Bertz CT molecular complexity index is 1150. The molecule has 0 radical (unpaired) electrons. The van der Waals surface area contributed by atoms with E-state index >= 15 is 0 Å². The zero-order valence-electron chi connectivity index (χ0n) is 16.4. The van der Waals surface area contributed by atoms with E-state index in [4.69, 9.17) is 32.8 Å². The van der Waals surface area contributed by atoms with E-state index in [-0.39, 0.29) is 6.10 Å². The first-order valence-corrected chi connectivity index (χ1v) is 11.6. The first-order valence-electron chi connectivity index (χ1n) is 9.90. The zero-order valence-corrected chi connectivity index (χ0v) is 18.0. The van der Waals surface area contributed by atoms with Crippen molar-refractivity contribution in [2.75, 3.05) is 30.3 Å². The van der Waals surface area contributed by atoms with Gasteiger partial charge in [-0.15, -0.1) is 0 Å². The molecule has 0 bridgehead atoms. The fraction of sp³-hybridized carbons (Fsp3) is 0.318. The molecule has 30 heavy (non-hydrogen) atoms. The van der Waals surface area contributed by atoms with Crippen LogP contribution in [-0.4, -0.2) is 40.2 Å². The van der Waals surface area contributed by atoms with Gasteiger partial charge in [-0.3, -0.25) is 4.21 Å². The molecule has 2 aliphatic rings. The van der Waals surface area contributed by atoms with E-state index in [0.717, 1.165) is 32.7 Å². The highest BCUT2D eigenvalue weighted by Gasteiger charge is 2.47. The maximum atomic E-state index is 12.8. The lowest BCUT2D eigenvalue weighted by Crippen LogP contribution is -2.64. The van der Waals surface area contributed by atoms with Gasteiger partial charge in [0.2, 0.25) is 0 Å². The summed E-state index contributed by atoms with van der Waals surface area (Å²) >= 11 is 6.22.